The maximum atomic E-state index is 4.57. The molecule has 0 N–H and O–H groups in total. The molecule has 0 fully saturated rings. The van der Waals surface area contributed by atoms with Crippen LogP contribution in [0.4, 0.5) is 0 Å². The first-order valence-corrected chi connectivity index (χ1v) is 6.33. The number of rotatable bonds is 2. The highest BCUT2D eigenvalue weighted by Gasteiger charge is 2.16. The lowest BCUT2D eigenvalue weighted by atomic mass is 10.1. The molecule has 90 valence electrons. The lowest BCUT2D eigenvalue weighted by Gasteiger charge is -1.98. The number of thiazole rings is 1. The van der Waals surface area contributed by atoms with Gasteiger partial charge in [-0.25, -0.2) is 4.98 Å². The second-order valence-electron chi connectivity index (χ2n) is 3.88. The molecule has 18 heavy (non-hydrogen) atoms. The lowest BCUT2D eigenvalue weighted by Crippen LogP contribution is -1.91. The molecule has 0 spiro atoms. The first kappa shape index (κ1) is 11.0. The van der Waals surface area contributed by atoms with E-state index in [1.807, 2.05) is 37.3 Å². The van der Waals surface area contributed by atoms with Crippen LogP contribution in [0.3, 0.4) is 0 Å². The average Bonchev–Trinajstić information content (AvgIpc) is 2.96. The summed E-state index contributed by atoms with van der Waals surface area (Å²) >= 11 is 1.59. The second kappa shape index (κ2) is 4.30. The van der Waals surface area contributed by atoms with E-state index in [9.17, 15) is 0 Å². The van der Waals surface area contributed by atoms with E-state index in [2.05, 4.69) is 20.4 Å². The SMILES string of the molecule is Cc1nc(-c2ccccc2)c(-c2nnn(C)n2)s1. The molecule has 0 aliphatic rings. The lowest BCUT2D eigenvalue weighted by molar-refractivity contribution is 0.630. The molecule has 0 bridgehead atoms. The van der Waals surface area contributed by atoms with Crippen LogP contribution in [0.5, 0.6) is 0 Å². The van der Waals surface area contributed by atoms with Crippen molar-refractivity contribution in [1.29, 1.82) is 0 Å². The van der Waals surface area contributed by atoms with E-state index >= 15 is 0 Å². The van der Waals surface area contributed by atoms with Crippen LogP contribution in [0.2, 0.25) is 0 Å². The fraction of sp³-hybridized carbons (Fsp3) is 0.167. The highest BCUT2D eigenvalue weighted by atomic mass is 32.1. The smallest absolute Gasteiger partial charge is 0.217 e. The minimum absolute atomic E-state index is 0.627. The van der Waals surface area contributed by atoms with E-state index in [4.69, 9.17) is 0 Å². The molecular weight excluding hydrogens is 246 g/mol. The molecule has 0 amide bonds. The zero-order valence-corrected chi connectivity index (χ0v) is 10.8. The van der Waals surface area contributed by atoms with Gasteiger partial charge < -0.3 is 0 Å². The van der Waals surface area contributed by atoms with Crippen molar-refractivity contribution in [2.75, 3.05) is 0 Å². The molecule has 2 aromatic heterocycles. The van der Waals surface area contributed by atoms with Crippen LogP contribution in [0.25, 0.3) is 22.0 Å². The van der Waals surface area contributed by atoms with Crippen molar-refractivity contribution < 1.29 is 0 Å². The maximum absolute atomic E-state index is 4.57. The number of nitrogens with zero attached hydrogens (tertiary/aromatic N) is 5. The Labute approximate surface area is 108 Å². The summed E-state index contributed by atoms with van der Waals surface area (Å²) in [5.74, 6) is 0.627. The number of hydrogen-bond acceptors (Lipinski definition) is 5. The van der Waals surface area contributed by atoms with Gasteiger partial charge in [-0.05, 0) is 12.1 Å². The zero-order chi connectivity index (χ0) is 12.5. The van der Waals surface area contributed by atoms with Crippen LogP contribution in [-0.4, -0.2) is 25.2 Å². The Kier molecular flexibility index (Phi) is 2.64. The second-order valence-corrected chi connectivity index (χ2v) is 5.08. The minimum Gasteiger partial charge on any atom is -0.241 e. The predicted octanol–water partition coefficient (Wildman–Crippen LogP) is 2.31. The van der Waals surface area contributed by atoms with E-state index in [1.54, 1.807) is 18.4 Å². The molecule has 1 aromatic carbocycles. The Hall–Kier alpha value is -2.08. The zero-order valence-electron chi connectivity index (χ0n) is 10.0. The summed E-state index contributed by atoms with van der Waals surface area (Å²) in [4.78, 5) is 6.99. The van der Waals surface area contributed by atoms with E-state index in [-0.39, 0.29) is 0 Å². The van der Waals surface area contributed by atoms with Gasteiger partial charge in [-0.2, -0.15) is 4.80 Å². The molecule has 3 rings (SSSR count). The highest BCUT2D eigenvalue weighted by Crippen LogP contribution is 2.34. The summed E-state index contributed by atoms with van der Waals surface area (Å²) in [6.07, 6.45) is 0. The average molecular weight is 257 g/mol. The summed E-state index contributed by atoms with van der Waals surface area (Å²) in [7, 11) is 1.76. The van der Waals surface area contributed by atoms with Crippen molar-refractivity contribution in [3.8, 4) is 22.0 Å². The van der Waals surface area contributed by atoms with Gasteiger partial charge in [-0.1, -0.05) is 30.3 Å². The van der Waals surface area contributed by atoms with Crippen molar-refractivity contribution >= 4 is 11.3 Å². The highest BCUT2D eigenvalue weighted by molar-refractivity contribution is 7.15. The standard InChI is InChI=1S/C12H11N5S/c1-8-13-10(9-6-4-3-5-7-9)11(18-8)12-14-16-17(2)15-12/h3-7H,1-2H3. The molecule has 0 radical (unpaired) electrons. The van der Waals surface area contributed by atoms with Crippen molar-refractivity contribution in [1.82, 2.24) is 25.2 Å². The normalized spacial score (nSPS) is 10.8. The molecule has 5 nitrogen and oxygen atoms in total. The van der Waals surface area contributed by atoms with Gasteiger partial charge >= 0.3 is 0 Å². The van der Waals surface area contributed by atoms with Crippen molar-refractivity contribution in [3.63, 3.8) is 0 Å². The molecule has 6 heteroatoms. The van der Waals surface area contributed by atoms with E-state index in [0.717, 1.165) is 21.1 Å². The fourth-order valence-electron chi connectivity index (χ4n) is 1.75. The molecule has 2 heterocycles. The summed E-state index contributed by atoms with van der Waals surface area (Å²) in [5, 5.41) is 13.2. The van der Waals surface area contributed by atoms with Crippen LogP contribution < -0.4 is 0 Å². The molecule has 0 atom stereocenters. The molecule has 0 unspecified atom stereocenters. The Bertz CT molecular complexity index is 671. The van der Waals surface area contributed by atoms with Gasteiger partial charge in [0, 0.05) is 5.56 Å². The maximum Gasteiger partial charge on any atom is 0.217 e. The van der Waals surface area contributed by atoms with Gasteiger partial charge in [0.05, 0.1) is 17.7 Å². The number of benzene rings is 1. The van der Waals surface area contributed by atoms with Crippen LogP contribution in [0.15, 0.2) is 30.3 Å². The summed E-state index contributed by atoms with van der Waals surface area (Å²) < 4.78 is 0. The molecule has 0 saturated carbocycles. The Balaban J connectivity index is 2.16. The van der Waals surface area contributed by atoms with Gasteiger partial charge in [-0.3, -0.25) is 0 Å². The van der Waals surface area contributed by atoms with Crippen molar-refractivity contribution in [2.45, 2.75) is 6.92 Å². The first-order valence-electron chi connectivity index (χ1n) is 5.51. The van der Waals surface area contributed by atoms with Crippen molar-refractivity contribution in [2.24, 2.45) is 7.05 Å². The summed E-state index contributed by atoms with van der Waals surface area (Å²) in [5.41, 5.74) is 2.00. The predicted molar refractivity (Wildman–Crippen MR) is 70.1 cm³/mol. The third kappa shape index (κ3) is 1.91. The quantitative estimate of drug-likeness (QED) is 0.707. The molecule has 0 saturated heterocycles. The van der Waals surface area contributed by atoms with Crippen molar-refractivity contribution in [3.05, 3.63) is 35.3 Å². The van der Waals surface area contributed by atoms with Crippen LogP contribution >= 0.6 is 11.3 Å². The Morgan fingerprint density at radius 2 is 1.94 bits per heavy atom. The third-order valence-electron chi connectivity index (χ3n) is 2.49. The molecular formula is C12H11N5S. The largest absolute Gasteiger partial charge is 0.241 e. The van der Waals surface area contributed by atoms with Crippen LogP contribution in [0.1, 0.15) is 5.01 Å². The monoisotopic (exact) mass is 257 g/mol. The van der Waals surface area contributed by atoms with E-state index < -0.39 is 0 Å². The van der Waals surface area contributed by atoms with E-state index in [1.165, 1.54) is 4.80 Å². The van der Waals surface area contributed by atoms with E-state index in [0.29, 0.717) is 5.82 Å². The molecule has 0 aliphatic carbocycles. The summed E-state index contributed by atoms with van der Waals surface area (Å²) in [6, 6.07) is 10.1. The number of aromatic nitrogens is 5. The fourth-order valence-corrected chi connectivity index (χ4v) is 2.61. The Morgan fingerprint density at radius 3 is 2.61 bits per heavy atom. The van der Waals surface area contributed by atoms with Gasteiger partial charge in [-0.15, -0.1) is 21.5 Å². The van der Waals surface area contributed by atoms with Crippen LogP contribution in [0, 0.1) is 6.92 Å². The van der Waals surface area contributed by atoms with Crippen LogP contribution in [-0.2, 0) is 7.05 Å². The van der Waals surface area contributed by atoms with Gasteiger partial charge in [0.25, 0.3) is 0 Å². The molecule has 3 aromatic rings. The first-order chi connectivity index (χ1) is 8.74. The third-order valence-corrected chi connectivity index (χ3v) is 3.46. The Morgan fingerprint density at radius 1 is 1.17 bits per heavy atom. The van der Waals surface area contributed by atoms with Gasteiger partial charge in [0.1, 0.15) is 4.88 Å². The molecule has 0 aliphatic heterocycles. The minimum atomic E-state index is 0.627. The van der Waals surface area contributed by atoms with Gasteiger partial charge in [0.15, 0.2) is 0 Å². The topological polar surface area (TPSA) is 56.5 Å². The number of aryl methyl sites for hydroxylation is 2. The number of tetrazole rings is 1. The number of hydrogen-bond donors (Lipinski definition) is 0. The summed E-state index contributed by atoms with van der Waals surface area (Å²) in [6.45, 7) is 1.98. The van der Waals surface area contributed by atoms with Gasteiger partial charge in [0.2, 0.25) is 5.82 Å².